The van der Waals surface area contributed by atoms with E-state index < -0.39 is 5.60 Å². The van der Waals surface area contributed by atoms with Crippen LogP contribution < -0.4 is 5.73 Å². The van der Waals surface area contributed by atoms with E-state index >= 15 is 0 Å². The molecule has 1 rings (SSSR count). The summed E-state index contributed by atoms with van der Waals surface area (Å²) in [6.07, 6.45) is 0. The number of aliphatic hydroxyl groups is 1. The number of nitrogen functional groups attached to an aromatic ring is 1. The fourth-order valence-corrected chi connectivity index (χ4v) is 1.06. The van der Waals surface area contributed by atoms with Gasteiger partial charge in [-0.15, -0.1) is 0 Å². The van der Waals surface area contributed by atoms with Crippen molar-refractivity contribution < 1.29 is 5.11 Å². The Kier molecular flexibility index (Phi) is 4.64. The summed E-state index contributed by atoms with van der Waals surface area (Å²) in [5.74, 6) is 0. The van der Waals surface area contributed by atoms with Crippen molar-refractivity contribution in [3.63, 3.8) is 0 Å². The van der Waals surface area contributed by atoms with Crippen LogP contribution in [0.1, 0.15) is 38.8 Å². The molecule has 0 saturated carbocycles. The Hall–Kier alpha value is -1.02. The summed E-state index contributed by atoms with van der Waals surface area (Å²) in [4.78, 5) is 0. The van der Waals surface area contributed by atoms with Crippen LogP contribution in [0.4, 0.5) is 5.69 Å². The van der Waals surface area contributed by atoms with Gasteiger partial charge in [-0.25, -0.2) is 0 Å². The van der Waals surface area contributed by atoms with Crippen molar-refractivity contribution in [1.82, 2.24) is 0 Å². The van der Waals surface area contributed by atoms with Crippen molar-refractivity contribution in [1.29, 1.82) is 0 Å². The Balaban J connectivity index is 0.000000791. The lowest BCUT2D eigenvalue weighted by Crippen LogP contribution is -2.15. The monoisotopic (exact) mass is 195 g/mol. The van der Waals surface area contributed by atoms with E-state index in [9.17, 15) is 5.11 Å². The van der Waals surface area contributed by atoms with Gasteiger partial charge in [0.1, 0.15) is 0 Å². The van der Waals surface area contributed by atoms with Crippen molar-refractivity contribution in [2.45, 2.75) is 40.2 Å². The van der Waals surface area contributed by atoms with Crippen LogP contribution in [0.15, 0.2) is 18.2 Å². The van der Waals surface area contributed by atoms with Gasteiger partial charge in [0.2, 0.25) is 0 Å². The highest BCUT2D eigenvalue weighted by atomic mass is 16.3. The highest BCUT2D eigenvalue weighted by Gasteiger charge is 2.15. The van der Waals surface area contributed by atoms with E-state index in [-0.39, 0.29) is 0 Å². The average molecular weight is 195 g/mol. The number of aryl methyl sites for hydroxylation is 1. The van der Waals surface area contributed by atoms with Crippen LogP contribution in [0.3, 0.4) is 0 Å². The normalized spacial score (nSPS) is 10.4. The number of anilines is 1. The van der Waals surface area contributed by atoms with E-state index in [4.69, 9.17) is 5.73 Å². The molecule has 0 bridgehead atoms. The van der Waals surface area contributed by atoms with Gasteiger partial charge < -0.3 is 10.8 Å². The number of benzene rings is 1. The second-order valence-corrected chi connectivity index (χ2v) is 3.63. The molecule has 14 heavy (non-hydrogen) atoms. The summed E-state index contributed by atoms with van der Waals surface area (Å²) in [5, 5.41) is 9.66. The standard InChI is InChI=1S/C10H15NO.C2H6/c1-7-6-8(10(2,3)12)4-5-9(7)11;1-2/h4-6,12H,11H2,1-3H3;1-2H3. The van der Waals surface area contributed by atoms with Crippen LogP contribution >= 0.6 is 0 Å². The average Bonchev–Trinajstić information content (AvgIpc) is 2.11. The predicted octanol–water partition coefficient (Wildman–Crippen LogP) is 2.83. The van der Waals surface area contributed by atoms with Crippen molar-refractivity contribution in [2.75, 3.05) is 5.73 Å². The van der Waals surface area contributed by atoms with Crippen molar-refractivity contribution in [3.05, 3.63) is 29.3 Å². The number of hydrogen-bond donors (Lipinski definition) is 2. The van der Waals surface area contributed by atoms with Crippen LogP contribution in [0.2, 0.25) is 0 Å². The van der Waals surface area contributed by atoms with Gasteiger partial charge in [-0.1, -0.05) is 26.0 Å². The quantitative estimate of drug-likeness (QED) is 0.677. The zero-order chi connectivity index (χ0) is 11.4. The molecule has 2 nitrogen and oxygen atoms in total. The molecule has 0 spiro atoms. The first kappa shape index (κ1) is 13.0. The highest BCUT2D eigenvalue weighted by molar-refractivity contribution is 5.48. The maximum absolute atomic E-state index is 9.66. The Morgan fingerprint density at radius 3 is 2.07 bits per heavy atom. The minimum Gasteiger partial charge on any atom is -0.399 e. The molecule has 0 aliphatic heterocycles. The van der Waals surface area contributed by atoms with Crippen molar-refractivity contribution in [2.24, 2.45) is 0 Å². The van der Waals surface area contributed by atoms with Gasteiger partial charge in [0.05, 0.1) is 5.60 Å². The summed E-state index contributed by atoms with van der Waals surface area (Å²) in [7, 11) is 0. The van der Waals surface area contributed by atoms with E-state index in [1.807, 2.05) is 39.0 Å². The molecular weight excluding hydrogens is 174 g/mol. The minimum atomic E-state index is -0.779. The van der Waals surface area contributed by atoms with Crippen LogP contribution in [-0.2, 0) is 5.60 Å². The molecule has 2 heteroatoms. The largest absolute Gasteiger partial charge is 0.399 e. The van der Waals surface area contributed by atoms with E-state index in [1.165, 1.54) is 0 Å². The minimum absolute atomic E-state index is 0.767. The van der Waals surface area contributed by atoms with Gasteiger partial charge in [0.15, 0.2) is 0 Å². The van der Waals surface area contributed by atoms with E-state index in [0.717, 1.165) is 16.8 Å². The molecule has 1 aromatic rings. The molecule has 0 unspecified atom stereocenters. The Morgan fingerprint density at radius 2 is 1.71 bits per heavy atom. The summed E-state index contributed by atoms with van der Waals surface area (Å²) in [6, 6.07) is 5.58. The number of nitrogens with two attached hydrogens (primary N) is 1. The van der Waals surface area contributed by atoms with Crippen molar-refractivity contribution >= 4 is 5.69 Å². The summed E-state index contributed by atoms with van der Waals surface area (Å²) >= 11 is 0. The molecule has 0 heterocycles. The van der Waals surface area contributed by atoms with Gasteiger partial charge in [0, 0.05) is 5.69 Å². The first-order valence-electron chi connectivity index (χ1n) is 5.00. The predicted molar refractivity (Wildman–Crippen MR) is 62.2 cm³/mol. The molecule has 80 valence electrons. The molecule has 0 fully saturated rings. The first-order valence-corrected chi connectivity index (χ1v) is 5.00. The Morgan fingerprint density at radius 1 is 1.21 bits per heavy atom. The number of hydrogen-bond acceptors (Lipinski definition) is 2. The second kappa shape index (κ2) is 5.01. The third-order valence-electron chi connectivity index (χ3n) is 1.98. The third-order valence-corrected chi connectivity index (χ3v) is 1.98. The summed E-state index contributed by atoms with van der Waals surface area (Å²) in [5.41, 5.74) is 7.54. The second-order valence-electron chi connectivity index (χ2n) is 3.63. The van der Waals surface area contributed by atoms with Crippen LogP contribution in [-0.4, -0.2) is 5.11 Å². The molecule has 0 radical (unpaired) electrons. The van der Waals surface area contributed by atoms with E-state index in [2.05, 4.69) is 0 Å². The van der Waals surface area contributed by atoms with Gasteiger partial charge in [0.25, 0.3) is 0 Å². The zero-order valence-electron chi connectivity index (χ0n) is 9.76. The molecule has 0 amide bonds. The number of rotatable bonds is 1. The molecule has 1 aromatic carbocycles. The molecular formula is C12H21NO. The lowest BCUT2D eigenvalue weighted by Gasteiger charge is -2.18. The van der Waals surface area contributed by atoms with Gasteiger partial charge in [-0.05, 0) is 38.0 Å². The molecule has 0 atom stereocenters. The highest BCUT2D eigenvalue weighted by Crippen LogP contribution is 2.22. The maximum Gasteiger partial charge on any atom is 0.0840 e. The Bertz CT molecular complexity index is 287. The molecule has 0 saturated heterocycles. The smallest absolute Gasteiger partial charge is 0.0840 e. The third kappa shape index (κ3) is 3.38. The lowest BCUT2D eigenvalue weighted by molar-refractivity contribution is 0.0785. The van der Waals surface area contributed by atoms with Crippen LogP contribution in [0, 0.1) is 6.92 Å². The molecule has 0 aliphatic rings. The first-order chi connectivity index (χ1) is 6.41. The molecule has 3 N–H and O–H groups in total. The van der Waals surface area contributed by atoms with E-state index in [0.29, 0.717) is 0 Å². The summed E-state index contributed by atoms with van der Waals surface area (Å²) < 4.78 is 0. The zero-order valence-corrected chi connectivity index (χ0v) is 9.76. The summed E-state index contributed by atoms with van der Waals surface area (Å²) in [6.45, 7) is 9.46. The SMILES string of the molecule is CC.Cc1cc(C(C)(C)O)ccc1N. The topological polar surface area (TPSA) is 46.2 Å². The van der Waals surface area contributed by atoms with Gasteiger partial charge in [-0.2, -0.15) is 0 Å². The molecule has 0 aromatic heterocycles. The molecule has 0 aliphatic carbocycles. The van der Waals surface area contributed by atoms with Gasteiger partial charge in [-0.3, -0.25) is 0 Å². The fraction of sp³-hybridized carbons (Fsp3) is 0.500. The Labute approximate surface area is 86.8 Å². The van der Waals surface area contributed by atoms with Crippen LogP contribution in [0.5, 0.6) is 0 Å². The van der Waals surface area contributed by atoms with Crippen LogP contribution in [0.25, 0.3) is 0 Å². The fourth-order valence-electron chi connectivity index (χ4n) is 1.06. The lowest BCUT2D eigenvalue weighted by atomic mass is 9.96. The maximum atomic E-state index is 9.66. The van der Waals surface area contributed by atoms with E-state index in [1.54, 1.807) is 13.8 Å². The van der Waals surface area contributed by atoms with Gasteiger partial charge >= 0.3 is 0 Å². The van der Waals surface area contributed by atoms with Crippen molar-refractivity contribution in [3.8, 4) is 0 Å².